The van der Waals surface area contributed by atoms with Gasteiger partial charge in [0.25, 0.3) is 5.89 Å². The number of benzene rings is 3. The van der Waals surface area contributed by atoms with Crippen molar-refractivity contribution in [2.75, 3.05) is 0 Å². The molecule has 0 aliphatic carbocycles. The van der Waals surface area contributed by atoms with Crippen LogP contribution in [0.1, 0.15) is 43.3 Å². The number of esters is 1. The van der Waals surface area contributed by atoms with Crippen LogP contribution in [0.3, 0.4) is 0 Å². The number of aryl methyl sites for hydroxylation is 2. The topological polar surface area (TPSA) is 82.3 Å². The van der Waals surface area contributed by atoms with Crippen LogP contribution in [0.4, 0.5) is 0 Å². The minimum atomic E-state index is -0.631. The molecule has 4 rings (SSSR count). The standard InChI is InChI=1S/C25H20N2O4/c1-16-12-13-17(2)21(14-16)23(28)19-10-6-7-11-20(19)25(29)30-15-22-26-27-24(31-22)18-8-4-3-5-9-18/h3-14H,15H2,1-2H3. The van der Waals surface area contributed by atoms with E-state index in [1.807, 2.05) is 62.4 Å². The average Bonchev–Trinajstić information content (AvgIpc) is 3.28. The third kappa shape index (κ3) is 4.43. The van der Waals surface area contributed by atoms with E-state index < -0.39 is 5.97 Å². The van der Waals surface area contributed by atoms with E-state index in [4.69, 9.17) is 9.15 Å². The summed E-state index contributed by atoms with van der Waals surface area (Å²) in [5.41, 5.74) is 3.63. The van der Waals surface area contributed by atoms with Gasteiger partial charge >= 0.3 is 5.97 Å². The zero-order valence-corrected chi connectivity index (χ0v) is 17.2. The molecule has 0 bridgehead atoms. The molecule has 0 spiro atoms. The second kappa shape index (κ2) is 8.75. The van der Waals surface area contributed by atoms with Gasteiger partial charge in [0.05, 0.1) is 5.56 Å². The van der Waals surface area contributed by atoms with Crippen molar-refractivity contribution in [3.8, 4) is 11.5 Å². The molecule has 31 heavy (non-hydrogen) atoms. The molecule has 3 aromatic carbocycles. The highest BCUT2D eigenvalue weighted by atomic mass is 16.5. The number of ketones is 1. The Balaban J connectivity index is 1.52. The fourth-order valence-corrected chi connectivity index (χ4v) is 3.20. The van der Waals surface area contributed by atoms with Crippen molar-refractivity contribution < 1.29 is 18.7 Å². The van der Waals surface area contributed by atoms with Gasteiger partial charge in [0.1, 0.15) is 0 Å². The van der Waals surface area contributed by atoms with E-state index in [-0.39, 0.29) is 29.4 Å². The predicted molar refractivity (Wildman–Crippen MR) is 115 cm³/mol. The average molecular weight is 412 g/mol. The summed E-state index contributed by atoms with van der Waals surface area (Å²) in [6, 6.07) is 21.6. The Hall–Kier alpha value is -4.06. The molecule has 0 saturated carbocycles. The number of carbonyl (C=O) groups excluding carboxylic acids is 2. The smallest absolute Gasteiger partial charge is 0.339 e. The SMILES string of the molecule is Cc1ccc(C)c(C(=O)c2ccccc2C(=O)OCc2nnc(-c3ccccc3)o2)c1. The third-order valence-corrected chi connectivity index (χ3v) is 4.84. The van der Waals surface area contributed by atoms with E-state index in [0.29, 0.717) is 11.5 Å². The first-order valence-electron chi connectivity index (χ1n) is 9.79. The lowest BCUT2D eigenvalue weighted by Crippen LogP contribution is -2.13. The Bertz CT molecular complexity index is 1250. The van der Waals surface area contributed by atoms with Crippen molar-refractivity contribution in [1.82, 2.24) is 10.2 Å². The molecule has 0 amide bonds. The first-order chi connectivity index (χ1) is 15.0. The fourth-order valence-electron chi connectivity index (χ4n) is 3.20. The van der Waals surface area contributed by atoms with E-state index in [1.54, 1.807) is 24.3 Å². The number of hydrogen-bond acceptors (Lipinski definition) is 6. The lowest BCUT2D eigenvalue weighted by Gasteiger charge is -2.10. The van der Waals surface area contributed by atoms with Crippen molar-refractivity contribution in [2.24, 2.45) is 0 Å². The van der Waals surface area contributed by atoms with Gasteiger partial charge in [0, 0.05) is 16.7 Å². The number of carbonyl (C=O) groups is 2. The van der Waals surface area contributed by atoms with E-state index in [0.717, 1.165) is 16.7 Å². The molecular formula is C25H20N2O4. The van der Waals surface area contributed by atoms with Gasteiger partial charge in [0.2, 0.25) is 5.89 Å². The van der Waals surface area contributed by atoms with Gasteiger partial charge in [-0.3, -0.25) is 4.79 Å². The second-order valence-electron chi connectivity index (χ2n) is 7.14. The van der Waals surface area contributed by atoms with Gasteiger partial charge in [-0.05, 0) is 43.7 Å². The molecular weight excluding hydrogens is 392 g/mol. The predicted octanol–water partition coefficient (Wildman–Crippen LogP) is 4.94. The summed E-state index contributed by atoms with van der Waals surface area (Å²) in [5.74, 6) is -0.339. The fraction of sp³-hybridized carbons (Fsp3) is 0.120. The second-order valence-corrected chi connectivity index (χ2v) is 7.14. The van der Waals surface area contributed by atoms with Gasteiger partial charge in [-0.15, -0.1) is 10.2 Å². The van der Waals surface area contributed by atoms with Crippen LogP contribution in [0, 0.1) is 13.8 Å². The molecule has 1 heterocycles. The van der Waals surface area contributed by atoms with Crippen LogP contribution >= 0.6 is 0 Å². The molecule has 0 fully saturated rings. The maximum Gasteiger partial charge on any atom is 0.339 e. The summed E-state index contributed by atoms with van der Waals surface area (Å²) in [5, 5.41) is 7.90. The number of aromatic nitrogens is 2. The highest BCUT2D eigenvalue weighted by Crippen LogP contribution is 2.21. The summed E-state index contributed by atoms with van der Waals surface area (Å²) in [6.45, 7) is 3.60. The van der Waals surface area contributed by atoms with E-state index in [1.165, 1.54) is 0 Å². The molecule has 6 nitrogen and oxygen atoms in total. The van der Waals surface area contributed by atoms with Gasteiger partial charge in [0.15, 0.2) is 12.4 Å². The first kappa shape index (κ1) is 20.2. The number of rotatable bonds is 6. The maximum atomic E-state index is 13.1. The molecule has 0 unspecified atom stereocenters. The molecule has 0 aliphatic heterocycles. The molecule has 6 heteroatoms. The van der Waals surface area contributed by atoms with Gasteiger partial charge in [-0.1, -0.05) is 54.1 Å². The Kier molecular flexibility index (Phi) is 5.71. The number of hydrogen-bond donors (Lipinski definition) is 0. The van der Waals surface area contributed by atoms with Crippen molar-refractivity contribution in [2.45, 2.75) is 20.5 Å². The van der Waals surface area contributed by atoms with Crippen LogP contribution in [0.15, 0.2) is 77.2 Å². The Morgan fingerprint density at radius 3 is 2.32 bits per heavy atom. The Labute approximate surface area is 179 Å². The summed E-state index contributed by atoms with van der Waals surface area (Å²) < 4.78 is 10.9. The third-order valence-electron chi connectivity index (χ3n) is 4.84. The Morgan fingerprint density at radius 1 is 0.839 bits per heavy atom. The molecule has 0 radical (unpaired) electrons. The largest absolute Gasteiger partial charge is 0.452 e. The van der Waals surface area contributed by atoms with E-state index in [9.17, 15) is 9.59 Å². The number of ether oxygens (including phenoxy) is 1. The lowest BCUT2D eigenvalue weighted by atomic mass is 9.94. The maximum absolute atomic E-state index is 13.1. The molecule has 0 saturated heterocycles. The summed E-state index contributed by atoms with van der Waals surface area (Å²) >= 11 is 0. The van der Waals surface area contributed by atoms with E-state index >= 15 is 0 Å². The molecule has 1 aromatic heterocycles. The van der Waals surface area contributed by atoms with Crippen molar-refractivity contribution in [1.29, 1.82) is 0 Å². The van der Waals surface area contributed by atoms with Crippen molar-refractivity contribution in [3.05, 3.63) is 107 Å². The van der Waals surface area contributed by atoms with E-state index in [2.05, 4.69) is 10.2 Å². The first-order valence-corrected chi connectivity index (χ1v) is 9.79. The number of nitrogens with zero attached hydrogens (tertiary/aromatic N) is 2. The molecule has 154 valence electrons. The van der Waals surface area contributed by atoms with Gasteiger partial charge < -0.3 is 9.15 Å². The normalized spacial score (nSPS) is 10.6. The summed E-state index contributed by atoms with van der Waals surface area (Å²) in [7, 11) is 0. The van der Waals surface area contributed by atoms with Gasteiger partial charge in [-0.25, -0.2) is 4.79 Å². The molecule has 0 N–H and O–H groups in total. The molecule has 4 aromatic rings. The van der Waals surface area contributed by atoms with Crippen LogP contribution in [0.5, 0.6) is 0 Å². The minimum absolute atomic E-state index is 0.172. The minimum Gasteiger partial charge on any atom is -0.452 e. The van der Waals surface area contributed by atoms with Crippen LogP contribution in [-0.4, -0.2) is 21.9 Å². The monoisotopic (exact) mass is 412 g/mol. The molecule has 0 atom stereocenters. The summed E-state index contributed by atoms with van der Waals surface area (Å²) in [6.07, 6.45) is 0. The Morgan fingerprint density at radius 2 is 1.55 bits per heavy atom. The quantitative estimate of drug-likeness (QED) is 0.329. The van der Waals surface area contributed by atoms with Crippen molar-refractivity contribution >= 4 is 11.8 Å². The van der Waals surface area contributed by atoms with Crippen LogP contribution < -0.4 is 0 Å². The summed E-state index contributed by atoms with van der Waals surface area (Å²) in [4.78, 5) is 25.9. The molecule has 0 aliphatic rings. The van der Waals surface area contributed by atoms with Gasteiger partial charge in [-0.2, -0.15) is 0 Å². The zero-order chi connectivity index (χ0) is 21.8. The lowest BCUT2D eigenvalue weighted by molar-refractivity contribution is 0.0436. The van der Waals surface area contributed by atoms with Crippen LogP contribution in [0.2, 0.25) is 0 Å². The van der Waals surface area contributed by atoms with Crippen molar-refractivity contribution in [3.63, 3.8) is 0 Å². The van der Waals surface area contributed by atoms with Crippen LogP contribution in [0.25, 0.3) is 11.5 Å². The van der Waals surface area contributed by atoms with Crippen LogP contribution in [-0.2, 0) is 11.3 Å². The zero-order valence-electron chi connectivity index (χ0n) is 17.2. The highest BCUT2D eigenvalue weighted by Gasteiger charge is 2.21. The highest BCUT2D eigenvalue weighted by molar-refractivity contribution is 6.15.